The van der Waals surface area contributed by atoms with Gasteiger partial charge in [0.1, 0.15) is 0 Å². The van der Waals surface area contributed by atoms with E-state index < -0.39 is 0 Å². The monoisotopic (exact) mass is 298 g/mol. The van der Waals surface area contributed by atoms with Crippen LogP contribution in [-0.2, 0) is 4.79 Å². The maximum absolute atomic E-state index is 12.7. The lowest BCUT2D eigenvalue weighted by Crippen LogP contribution is -2.41. The number of carbonyl (C=O) groups excluding carboxylic acids is 1. The predicted octanol–water partition coefficient (Wildman–Crippen LogP) is 2.96. The van der Waals surface area contributed by atoms with Crippen LogP contribution in [0.2, 0.25) is 0 Å². The van der Waals surface area contributed by atoms with Crippen molar-refractivity contribution in [2.24, 2.45) is 17.8 Å². The van der Waals surface area contributed by atoms with Crippen molar-refractivity contribution < 1.29 is 4.79 Å². The van der Waals surface area contributed by atoms with Crippen molar-refractivity contribution in [3.05, 3.63) is 0 Å². The van der Waals surface area contributed by atoms with Crippen molar-refractivity contribution in [3.63, 3.8) is 0 Å². The van der Waals surface area contributed by atoms with Gasteiger partial charge in [0.15, 0.2) is 0 Å². The van der Waals surface area contributed by atoms with Gasteiger partial charge in [-0.1, -0.05) is 27.7 Å². The van der Waals surface area contributed by atoms with Gasteiger partial charge in [-0.15, -0.1) is 0 Å². The number of hydrogen-bond donors (Lipinski definition) is 1. The summed E-state index contributed by atoms with van der Waals surface area (Å²) in [6, 6.07) is 0.0247. The zero-order chi connectivity index (χ0) is 14.7. The van der Waals surface area contributed by atoms with Crippen LogP contribution in [0, 0.1) is 17.8 Å². The van der Waals surface area contributed by atoms with Crippen molar-refractivity contribution in [2.45, 2.75) is 59.2 Å². The molecule has 2 rings (SSSR count). The number of nitrogens with zero attached hydrogens (tertiary/aromatic N) is 1. The first-order valence-electron chi connectivity index (χ1n) is 8.13. The standard InChI is InChI=1S/C16H30N2OS/c1-11(2)9-14-17-15(12(3)4)16(19)18(14)10-13-5-7-20-8-6-13/h11-15,17H,5-10H2,1-4H3. The Balaban J connectivity index is 2.02. The van der Waals surface area contributed by atoms with Crippen molar-refractivity contribution in [1.82, 2.24) is 10.2 Å². The molecule has 0 saturated carbocycles. The molecule has 1 N–H and O–H groups in total. The topological polar surface area (TPSA) is 32.3 Å². The molecule has 20 heavy (non-hydrogen) atoms. The largest absolute Gasteiger partial charge is 0.325 e. The lowest BCUT2D eigenvalue weighted by Gasteiger charge is -2.31. The highest BCUT2D eigenvalue weighted by molar-refractivity contribution is 7.99. The minimum absolute atomic E-state index is 0.0247. The van der Waals surface area contributed by atoms with Gasteiger partial charge in [0.05, 0.1) is 12.2 Å². The van der Waals surface area contributed by atoms with Gasteiger partial charge in [0, 0.05) is 6.54 Å². The third-order valence-electron chi connectivity index (χ3n) is 4.45. The molecule has 0 aliphatic carbocycles. The summed E-state index contributed by atoms with van der Waals surface area (Å²) in [7, 11) is 0. The van der Waals surface area contributed by atoms with E-state index in [-0.39, 0.29) is 12.2 Å². The minimum atomic E-state index is 0.0247. The van der Waals surface area contributed by atoms with Crippen LogP contribution in [0.15, 0.2) is 0 Å². The molecule has 0 aromatic heterocycles. The highest BCUT2D eigenvalue weighted by Gasteiger charge is 2.41. The summed E-state index contributed by atoms with van der Waals surface area (Å²) in [4.78, 5) is 14.8. The lowest BCUT2D eigenvalue weighted by atomic mass is 10.0. The summed E-state index contributed by atoms with van der Waals surface area (Å²) in [5.41, 5.74) is 0. The lowest BCUT2D eigenvalue weighted by molar-refractivity contribution is -0.131. The van der Waals surface area contributed by atoms with E-state index in [9.17, 15) is 4.79 Å². The Morgan fingerprint density at radius 2 is 1.90 bits per heavy atom. The Bertz CT molecular complexity index is 326. The summed E-state index contributed by atoms with van der Waals surface area (Å²) in [5, 5.41) is 3.58. The Hall–Kier alpha value is -0.220. The van der Waals surface area contributed by atoms with Crippen LogP contribution in [0.25, 0.3) is 0 Å². The number of nitrogens with one attached hydrogen (secondary N) is 1. The van der Waals surface area contributed by atoms with Crippen molar-refractivity contribution in [2.75, 3.05) is 18.1 Å². The molecule has 0 aromatic carbocycles. The number of rotatable bonds is 5. The molecule has 116 valence electrons. The SMILES string of the molecule is CC(C)CC1NC(C(C)C)C(=O)N1CC1CCSCC1. The average Bonchev–Trinajstić information content (AvgIpc) is 2.68. The summed E-state index contributed by atoms with van der Waals surface area (Å²) in [5.74, 6) is 4.58. The quantitative estimate of drug-likeness (QED) is 0.847. The second-order valence-electron chi connectivity index (χ2n) is 7.08. The molecule has 0 radical (unpaired) electrons. The zero-order valence-electron chi connectivity index (χ0n) is 13.4. The molecule has 3 nitrogen and oxygen atoms in total. The second-order valence-corrected chi connectivity index (χ2v) is 8.30. The van der Waals surface area contributed by atoms with E-state index >= 15 is 0 Å². The molecular weight excluding hydrogens is 268 g/mol. The van der Waals surface area contributed by atoms with E-state index in [0.717, 1.165) is 13.0 Å². The van der Waals surface area contributed by atoms with Gasteiger partial charge >= 0.3 is 0 Å². The Morgan fingerprint density at radius 3 is 2.45 bits per heavy atom. The summed E-state index contributed by atoms with van der Waals surface area (Å²) in [6.07, 6.45) is 3.87. The molecule has 0 bridgehead atoms. The molecule has 1 amide bonds. The highest BCUT2D eigenvalue weighted by Crippen LogP contribution is 2.28. The number of hydrogen-bond acceptors (Lipinski definition) is 3. The molecule has 4 heteroatoms. The van der Waals surface area contributed by atoms with Gasteiger partial charge in [0.2, 0.25) is 5.91 Å². The summed E-state index contributed by atoms with van der Waals surface area (Å²) < 4.78 is 0. The molecule has 2 aliphatic heterocycles. The van der Waals surface area contributed by atoms with Crippen LogP contribution in [-0.4, -0.2) is 41.1 Å². The van der Waals surface area contributed by atoms with Crippen molar-refractivity contribution in [3.8, 4) is 0 Å². The third kappa shape index (κ3) is 3.91. The fourth-order valence-electron chi connectivity index (χ4n) is 3.24. The first-order chi connectivity index (χ1) is 9.49. The molecular formula is C16H30N2OS. The maximum atomic E-state index is 12.7. The van der Waals surface area contributed by atoms with Crippen LogP contribution in [0.4, 0.5) is 0 Å². The molecule has 0 spiro atoms. The van der Waals surface area contributed by atoms with E-state index in [1.54, 1.807) is 0 Å². The van der Waals surface area contributed by atoms with Crippen LogP contribution < -0.4 is 5.32 Å². The summed E-state index contributed by atoms with van der Waals surface area (Å²) >= 11 is 2.06. The van der Waals surface area contributed by atoms with E-state index in [4.69, 9.17) is 0 Å². The van der Waals surface area contributed by atoms with Gasteiger partial charge in [-0.2, -0.15) is 11.8 Å². The molecule has 2 heterocycles. The Morgan fingerprint density at radius 1 is 1.25 bits per heavy atom. The van der Waals surface area contributed by atoms with Crippen LogP contribution in [0.1, 0.15) is 47.0 Å². The van der Waals surface area contributed by atoms with Crippen molar-refractivity contribution >= 4 is 17.7 Å². The predicted molar refractivity (Wildman–Crippen MR) is 86.8 cm³/mol. The summed E-state index contributed by atoms with van der Waals surface area (Å²) in [6.45, 7) is 9.73. The van der Waals surface area contributed by atoms with Crippen LogP contribution in [0.5, 0.6) is 0 Å². The first-order valence-corrected chi connectivity index (χ1v) is 9.28. The van der Waals surface area contributed by atoms with E-state index in [1.807, 2.05) is 0 Å². The molecule has 0 aromatic rings. The van der Waals surface area contributed by atoms with Gasteiger partial charge in [-0.05, 0) is 48.5 Å². The third-order valence-corrected chi connectivity index (χ3v) is 5.50. The first kappa shape index (κ1) is 16.2. The zero-order valence-corrected chi connectivity index (χ0v) is 14.2. The Kier molecular flexibility index (Phi) is 5.79. The Labute approximate surface area is 128 Å². The molecule has 2 fully saturated rings. The number of amides is 1. The molecule has 2 atom stereocenters. The number of carbonyl (C=O) groups is 1. The second kappa shape index (κ2) is 7.17. The number of thioether (sulfide) groups is 1. The minimum Gasteiger partial charge on any atom is -0.325 e. The van der Waals surface area contributed by atoms with Gasteiger partial charge < -0.3 is 4.90 Å². The highest BCUT2D eigenvalue weighted by atomic mass is 32.2. The molecule has 2 unspecified atom stereocenters. The van der Waals surface area contributed by atoms with E-state index in [2.05, 4.69) is 49.7 Å². The van der Waals surface area contributed by atoms with Crippen molar-refractivity contribution in [1.29, 1.82) is 0 Å². The van der Waals surface area contributed by atoms with Gasteiger partial charge in [0.25, 0.3) is 0 Å². The fraction of sp³-hybridized carbons (Fsp3) is 0.938. The molecule has 2 aliphatic rings. The van der Waals surface area contributed by atoms with Crippen LogP contribution >= 0.6 is 11.8 Å². The smallest absolute Gasteiger partial charge is 0.241 e. The normalized spacial score (nSPS) is 28.9. The van der Waals surface area contributed by atoms with Crippen LogP contribution in [0.3, 0.4) is 0 Å². The van der Waals surface area contributed by atoms with Gasteiger partial charge in [-0.25, -0.2) is 0 Å². The van der Waals surface area contributed by atoms with Gasteiger partial charge in [-0.3, -0.25) is 10.1 Å². The molecule has 2 saturated heterocycles. The maximum Gasteiger partial charge on any atom is 0.241 e. The average molecular weight is 298 g/mol. The fourth-order valence-corrected chi connectivity index (χ4v) is 4.45. The van der Waals surface area contributed by atoms with E-state index in [1.165, 1.54) is 24.3 Å². The van der Waals surface area contributed by atoms with E-state index in [0.29, 0.717) is 23.7 Å².